The van der Waals surface area contributed by atoms with Crippen LogP contribution in [0.25, 0.3) is 21.5 Å². The van der Waals surface area contributed by atoms with E-state index in [-0.39, 0.29) is 41.1 Å². The van der Waals surface area contributed by atoms with E-state index in [0.29, 0.717) is 0 Å². The monoisotopic (exact) mass is 464 g/mol. The molecule has 4 aromatic rings. The van der Waals surface area contributed by atoms with E-state index in [1.807, 2.05) is 0 Å². The quantitative estimate of drug-likeness (QED) is 0.208. The minimum absolute atomic E-state index is 0. The van der Waals surface area contributed by atoms with Gasteiger partial charge in [-0.15, -0.1) is 81.2 Å². The number of rotatable bonds is 2. The molecule has 0 saturated carbocycles. The van der Waals surface area contributed by atoms with Gasteiger partial charge in [0, 0.05) is 9.52 Å². The van der Waals surface area contributed by atoms with Crippen LogP contribution in [0.5, 0.6) is 0 Å². The van der Waals surface area contributed by atoms with E-state index in [1.54, 1.807) is 0 Å². The van der Waals surface area contributed by atoms with Crippen LogP contribution in [0.3, 0.4) is 0 Å². The predicted molar refractivity (Wildman–Crippen MR) is 128 cm³/mol. The Kier molecular flexibility index (Phi) is 16.2. The zero-order chi connectivity index (χ0) is 18.1. The summed E-state index contributed by atoms with van der Waals surface area (Å²) in [5.41, 5.74) is 2.87. The molecule has 0 bridgehead atoms. The summed E-state index contributed by atoms with van der Waals surface area (Å²) in [5.74, 6) is 0. The summed E-state index contributed by atoms with van der Waals surface area (Å²) in [4.78, 5) is 0. The number of hydrogen-bond donors (Lipinski definition) is 0. The molecular weight excluding hydrogens is 432 g/mol. The van der Waals surface area contributed by atoms with Gasteiger partial charge in [-0.25, -0.2) is 0 Å². The third-order valence-corrected chi connectivity index (χ3v) is 4.17. The zero-order valence-electron chi connectivity index (χ0n) is 18.3. The number of benzene rings is 2. The molecular formula is C26H34SiZr. The summed E-state index contributed by atoms with van der Waals surface area (Å²) in [6.07, 6.45) is 2.27. The molecule has 0 heterocycles. The van der Waals surface area contributed by atoms with Crippen molar-refractivity contribution in [2.45, 2.75) is 39.8 Å². The first-order valence-electron chi connectivity index (χ1n) is 9.09. The summed E-state index contributed by atoms with van der Waals surface area (Å²) in [6.45, 7) is 8.68. The maximum Gasteiger partial charge on any atom is 4.00 e. The predicted octanol–water partition coefficient (Wildman–Crippen LogP) is 7.93. The molecule has 2 radical (unpaired) electrons. The van der Waals surface area contributed by atoms with E-state index in [2.05, 4.69) is 99.7 Å². The first-order valence-corrected chi connectivity index (χ1v) is 11.1. The number of fused-ring (bicyclic) bond motifs is 2. The van der Waals surface area contributed by atoms with Gasteiger partial charge in [0.2, 0.25) is 0 Å². The van der Waals surface area contributed by atoms with Gasteiger partial charge in [-0.2, -0.15) is 12.1 Å². The largest absolute Gasteiger partial charge is 4.00 e. The molecule has 0 fully saturated rings. The Morgan fingerprint density at radius 3 is 1.29 bits per heavy atom. The van der Waals surface area contributed by atoms with Crippen molar-refractivity contribution >= 4 is 31.1 Å². The van der Waals surface area contributed by atoms with Crippen molar-refractivity contribution in [3.63, 3.8) is 0 Å². The summed E-state index contributed by atoms with van der Waals surface area (Å²) in [6, 6.07) is 26.0. The molecule has 0 aliphatic heterocycles. The second kappa shape index (κ2) is 15.7. The molecule has 146 valence electrons. The fourth-order valence-electron chi connectivity index (χ4n) is 2.84. The van der Waals surface area contributed by atoms with Crippen molar-refractivity contribution in [1.29, 1.82) is 0 Å². The minimum Gasteiger partial charge on any atom is -0.358 e. The van der Waals surface area contributed by atoms with Crippen LogP contribution in [0, 0.1) is 14.9 Å². The first-order chi connectivity index (χ1) is 12.2. The number of hydrogen-bond acceptors (Lipinski definition) is 0. The first kappa shape index (κ1) is 29.0. The van der Waals surface area contributed by atoms with E-state index in [1.165, 1.54) is 32.7 Å². The average Bonchev–Trinajstić information content (AvgIpc) is 3.26. The second-order valence-electron chi connectivity index (χ2n) is 6.19. The van der Waals surface area contributed by atoms with Gasteiger partial charge in [0.15, 0.2) is 0 Å². The van der Waals surface area contributed by atoms with Gasteiger partial charge in [-0.05, 0) is 12.8 Å². The van der Waals surface area contributed by atoms with Gasteiger partial charge < -0.3 is 14.9 Å². The summed E-state index contributed by atoms with van der Waals surface area (Å²) < 4.78 is 0. The smallest absolute Gasteiger partial charge is 0.358 e. The van der Waals surface area contributed by atoms with Crippen molar-refractivity contribution < 1.29 is 26.2 Å². The molecule has 0 atom stereocenters. The molecule has 0 nitrogen and oxygen atoms in total. The van der Waals surface area contributed by atoms with E-state index in [4.69, 9.17) is 0 Å². The Hall–Kier alpha value is -1.24. The van der Waals surface area contributed by atoms with E-state index < -0.39 is 0 Å². The van der Waals surface area contributed by atoms with Gasteiger partial charge in [0.25, 0.3) is 0 Å². The van der Waals surface area contributed by atoms with Crippen LogP contribution in [0.15, 0.2) is 72.8 Å². The number of aryl methyl sites for hydroxylation is 2. The topological polar surface area (TPSA) is 0 Å². The Morgan fingerprint density at radius 1 is 0.679 bits per heavy atom. The van der Waals surface area contributed by atoms with Crippen molar-refractivity contribution in [2.75, 3.05) is 0 Å². The van der Waals surface area contributed by atoms with Gasteiger partial charge >= 0.3 is 26.2 Å². The third-order valence-electron chi connectivity index (χ3n) is 4.17. The molecule has 0 N–H and O–H groups in total. The molecule has 0 amide bonds. The SMILES string of the molecule is CCc1cc2ccccc2[cH-]1.CCc1cc2ccccc2[cH-]1.C[Si]C.[CH3-].[CH3-].[Zr+4]. The van der Waals surface area contributed by atoms with Crippen molar-refractivity contribution in [1.82, 2.24) is 0 Å². The van der Waals surface area contributed by atoms with Gasteiger partial charge in [0.1, 0.15) is 0 Å². The summed E-state index contributed by atoms with van der Waals surface area (Å²) in [5, 5.41) is 5.46. The molecule has 4 aromatic carbocycles. The molecule has 28 heavy (non-hydrogen) atoms. The van der Waals surface area contributed by atoms with Gasteiger partial charge in [-0.3, -0.25) is 0 Å². The molecule has 0 aliphatic carbocycles. The molecule has 0 aromatic heterocycles. The summed E-state index contributed by atoms with van der Waals surface area (Å²) >= 11 is 0. The normalized spacial score (nSPS) is 9.00. The maximum atomic E-state index is 2.26. The van der Waals surface area contributed by atoms with Crippen LogP contribution in [0.4, 0.5) is 0 Å². The van der Waals surface area contributed by atoms with Crippen LogP contribution in [-0.2, 0) is 39.0 Å². The van der Waals surface area contributed by atoms with Gasteiger partial charge in [-0.1, -0.05) is 39.1 Å². The Morgan fingerprint density at radius 2 is 1.00 bits per heavy atom. The molecule has 4 rings (SSSR count). The van der Waals surface area contributed by atoms with E-state index in [0.717, 1.165) is 22.4 Å². The molecule has 0 saturated heterocycles. The average molecular weight is 466 g/mol. The Bertz CT molecular complexity index is 745. The zero-order valence-corrected chi connectivity index (χ0v) is 21.8. The molecule has 2 heteroatoms. The van der Waals surface area contributed by atoms with Crippen molar-refractivity contribution in [3.05, 3.63) is 98.8 Å². The van der Waals surface area contributed by atoms with Crippen LogP contribution in [-0.4, -0.2) is 9.52 Å². The Balaban J connectivity index is 0. The standard InChI is InChI=1S/2C11H11.C2H6Si.2CH3.Zr/c2*1-2-9-7-10-5-3-4-6-11(10)8-9;1-3-2;;;/h2*3-8H,2H2,1H3;1-2H3;2*1H3;/q2*-1;;2*-1;+4. The molecule has 0 spiro atoms. The van der Waals surface area contributed by atoms with Crippen LogP contribution < -0.4 is 0 Å². The molecule has 0 unspecified atom stereocenters. The minimum atomic E-state index is 0. The Labute approximate surface area is 195 Å². The van der Waals surface area contributed by atoms with Crippen molar-refractivity contribution in [2.24, 2.45) is 0 Å². The fourth-order valence-corrected chi connectivity index (χ4v) is 2.84. The third kappa shape index (κ3) is 8.41. The van der Waals surface area contributed by atoms with Crippen molar-refractivity contribution in [3.8, 4) is 0 Å². The summed E-state index contributed by atoms with van der Waals surface area (Å²) in [7, 11) is 1.08. The van der Waals surface area contributed by atoms with Crippen LogP contribution in [0.1, 0.15) is 25.0 Å². The van der Waals surface area contributed by atoms with Crippen LogP contribution in [0.2, 0.25) is 13.1 Å². The fraction of sp³-hybridized carbons (Fsp3) is 0.231. The van der Waals surface area contributed by atoms with E-state index in [9.17, 15) is 0 Å². The van der Waals surface area contributed by atoms with Gasteiger partial charge in [0.05, 0.1) is 0 Å². The maximum absolute atomic E-state index is 2.26. The van der Waals surface area contributed by atoms with Crippen LogP contribution >= 0.6 is 0 Å². The van der Waals surface area contributed by atoms with E-state index >= 15 is 0 Å². The second-order valence-corrected chi connectivity index (χ2v) is 7.19. The molecule has 0 aliphatic rings.